The zero-order valence-corrected chi connectivity index (χ0v) is 16.6. The fourth-order valence-corrected chi connectivity index (χ4v) is 3.17. The average molecular weight is 394 g/mol. The lowest BCUT2D eigenvalue weighted by molar-refractivity contribution is -0.141. The van der Waals surface area contributed by atoms with Crippen molar-refractivity contribution in [2.75, 3.05) is 6.54 Å². The van der Waals surface area contributed by atoms with Crippen molar-refractivity contribution in [2.24, 2.45) is 5.92 Å². The third-order valence-corrected chi connectivity index (χ3v) is 4.49. The minimum Gasteiger partial charge on any atom is -0.480 e. The van der Waals surface area contributed by atoms with E-state index in [0.717, 1.165) is 5.56 Å². The maximum atomic E-state index is 13.1. The van der Waals surface area contributed by atoms with Gasteiger partial charge in [0.05, 0.1) is 0 Å². The number of hydrogen-bond donors (Lipinski definition) is 2. The highest BCUT2D eigenvalue weighted by atomic mass is 19.1. The van der Waals surface area contributed by atoms with Crippen molar-refractivity contribution in [1.29, 1.82) is 0 Å². The summed E-state index contributed by atoms with van der Waals surface area (Å²) in [4.78, 5) is 37.6. The molecule has 1 saturated heterocycles. The second-order valence-electron chi connectivity index (χ2n) is 8.15. The van der Waals surface area contributed by atoms with E-state index < -0.39 is 35.7 Å². The smallest absolute Gasteiger partial charge is 0.410 e. The van der Waals surface area contributed by atoms with E-state index in [1.54, 1.807) is 32.9 Å². The van der Waals surface area contributed by atoms with Crippen molar-refractivity contribution < 1.29 is 28.6 Å². The fraction of sp³-hybridized carbons (Fsp3) is 0.550. The Bertz CT molecular complexity index is 729. The first-order chi connectivity index (χ1) is 13.0. The van der Waals surface area contributed by atoms with Gasteiger partial charge in [-0.05, 0) is 64.2 Å². The molecule has 1 aromatic carbocycles. The van der Waals surface area contributed by atoms with Gasteiger partial charge in [0.25, 0.3) is 0 Å². The van der Waals surface area contributed by atoms with Gasteiger partial charge in [-0.15, -0.1) is 0 Å². The van der Waals surface area contributed by atoms with Crippen LogP contribution in [0, 0.1) is 11.7 Å². The number of benzene rings is 1. The average Bonchev–Trinajstić information content (AvgIpc) is 2.99. The molecule has 0 radical (unpaired) electrons. The zero-order valence-electron chi connectivity index (χ0n) is 16.6. The van der Waals surface area contributed by atoms with E-state index >= 15 is 0 Å². The molecular formula is C20H27FN2O5. The molecule has 8 heteroatoms. The quantitative estimate of drug-likeness (QED) is 0.800. The summed E-state index contributed by atoms with van der Waals surface area (Å²) in [7, 11) is 0. The molecule has 0 bridgehead atoms. The molecule has 0 unspecified atom stereocenters. The Morgan fingerprint density at radius 3 is 2.43 bits per heavy atom. The molecule has 3 atom stereocenters. The minimum absolute atomic E-state index is 0.0335. The molecular weight excluding hydrogens is 367 g/mol. The van der Waals surface area contributed by atoms with Crippen molar-refractivity contribution >= 4 is 18.0 Å². The Labute approximate surface area is 163 Å². The lowest BCUT2D eigenvalue weighted by atomic mass is 9.96. The van der Waals surface area contributed by atoms with E-state index in [1.165, 1.54) is 24.0 Å². The van der Waals surface area contributed by atoms with Crippen LogP contribution in [0.3, 0.4) is 0 Å². The van der Waals surface area contributed by atoms with Crippen molar-refractivity contribution in [3.8, 4) is 0 Å². The number of carboxylic acid groups (broad SMARTS) is 1. The van der Waals surface area contributed by atoms with Crippen LogP contribution in [0.4, 0.5) is 9.18 Å². The molecule has 154 valence electrons. The Kier molecular flexibility index (Phi) is 6.64. The normalized spacial score (nSPS) is 20.5. The number of carboxylic acids is 1. The molecule has 0 aromatic heterocycles. The predicted molar refractivity (Wildman–Crippen MR) is 100 cm³/mol. The van der Waals surface area contributed by atoms with Crippen LogP contribution in [0.15, 0.2) is 24.3 Å². The number of nitrogens with zero attached hydrogens (tertiary/aromatic N) is 1. The fourth-order valence-electron chi connectivity index (χ4n) is 3.17. The van der Waals surface area contributed by atoms with Gasteiger partial charge in [0.15, 0.2) is 0 Å². The Morgan fingerprint density at radius 2 is 1.89 bits per heavy atom. The standard InChI is InChI=1S/C20H27FN2O5/c1-12(18(25)26)22-17(24)16-10-14(9-13-5-7-15(21)8-6-13)11-23(16)19(27)28-20(2,3)4/h5-8,12,14,16H,9-11H2,1-4H3,(H,22,24)(H,25,26)/t12-,14-,16+/m0/s1. The molecule has 1 heterocycles. The van der Waals surface area contributed by atoms with Gasteiger partial charge in [0, 0.05) is 6.54 Å². The number of rotatable bonds is 5. The van der Waals surface area contributed by atoms with Crippen LogP contribution in [-0.2, 0) is 20.7 Å². The molecule has 1 aliphatic heterocycles. The molecule has 28 heavy (non-hydrogen) atoms. The third kappa shape index (κ3) is 5.94. The first kappa shape index (κ1) is 21.7. The summed E-state index contributed by atoms with van der Waals surface area (Å²) in [5.41, 5.74) is 0.178. The summed E-state index contributed by atoms with van der Waals surface area (Å²) >= 11 is 0. The van der Waals surface area contributed by atoms with E-state index in [0.29, 0.717) is 19.4 Å². The van der Waals surface area contributed by atoms with E-state index in [9.17, 15) is 18.8 Å². The predicted octanol–water partition coefficient (Wildman–Crippen LogP) is 2.58. The highest BCUT2D eigenvalue weighted by Crippen LogP contribution is 2.28. The van der Waals surface area contributed by atoms with E-state index in [4.69, 9.17) is 9.84 Å². The molecule has 1 fully saturated rings. The molecule has 2 rings (SSSR count). The lowest BCUT2D eigenvalue weighted by Gasteiger charge is -2.28. The van der Waals surface area contributed by atoms with Crippen LogP contribution in [0.25, 0.3) is 0 Å². The summed E-state index contributed by atoms with van der Waals surface area (Å²) < 4.78 is 18.5. The van der Waals surface area contributed by atoms with Gasteiger partial charge in [-0.3, -0.25) is 14.5 Å². The SMILES string of the molecule is C[C@H](NC(=O)[C@H]1C[C@H](Cc2ccc(F)cc2)CN1C(=O)OC(C)(C)C)C(=O)O. The zero-order chi connectivity index (χ0) is 21.1. The number of carbonyl (C=O) groups excluding carboxylic acids is 2. The molecule has 7 nitrogen and oxygen atoms in total. The molecule has 2 N–H and O–H groups in total. The monoisotopic (exact) mass is 394 g/mol. The molecule has 2 amide bonds. The van der Waals surface area contributed by atoms with Crippen LogP contribution < -0.4 is 5.32 Å². The van der Waals surface area contributed by atoms with Crippen LogP contribution in [-0.4, -0.2) is 52.2 Å². The van der Waals surface area contributed by atoms with Crippen LogP contribution in [0.1, 0.15) is 39.7 Å². The van der Waals surface area contributed by atoms with Crippen molar-refractivity contribution in [1.82, 2.24) is 10.2 Å². The van der Waals surface area contributed by atoms with Crippen LogP contribution in [0.5, 0.6) is 0 Å². The van der Waals surface area contributed by atoms with E-state index in [1.807, 2.05) is 0 Å². The van der Waals surface area contributed by atoms with Gasteiger partial charge in [0.2, 0.25) is 5.91 Å². The van der Waals surface area contributed by atoms with Gasteiger partial charge in [0.1, 0.15) is 23.5 Å². The topological polar surface area (TPSA) is 95.9 Å². The summed E-state index contributed by atoms with van der Waals surface area (Å²) in [6, 6.07) is 4.20. The maximum Gasteiger partial charge on any atom is 0.410 e. The third-order valence-electron chi connectivity index (χ3n) is 4.49. The summed E-state index contributed by atoms with van der Waals surface area (Å²) in [5, 5.41) is 11.4. The number of nitrogens with one attached hydrogen (secondary N) is 1. The van der Waals surface area contributed by atoms with Crippen LogP contribution in [0.2, 0.25) is 0 Å². The van der Waals surface area contributed by atoms with Gasteiger partial charge >= 0.3 is 12.1 Å². The summed E-state index contributed by atoms with van der Waals surface area (Å²) in [6.45, 7) is 6.87. The number of aliphatic carboxylic acids is 1. The summed E-state index contributed by atoms with van der Waals surface area (Å²) in [6.07, 6.45) is 0.323. The Balaban J connectivity index is 2.15. The number of amides is 2. The van der Waals surface area contributed by atoms with Crippen molar-refractivity contribution in [3.05, 3.63) is 35.6 Å². The highest BCUT2D eigenvalue weighted by Gasteiger charge is 2.41. The van der Waals surface area contributed by atoms with Crippen molar-refractivity contribution in [3.63, 3.8) is 0 Å². The highest BCUT2D eigenvalue weighted by molar-refractivity contribution is 5.89. The van der Waals surface area contributed by atoms with Gasteiger partial charge < -0.3 is 15.2 Å². The first-order valence-electron chi connectivity index (χ1n) is 9.23. The van der Waals surface area contributed by atoms with E-state index in [2.05, 4.69) is 5.32 Å². The largest absolute Gasteiger partial charge is 0.480 e. The van der Waals surface area contributed by atoms with E-state index in [-0.39, 0.29) is 11.7 Å². The maximum absolute atomic E-state index is 13.1. The number of halogens is 1. The Morgan fingerprint density at radius 1 is 1.29 bits per heavy atom. The second-order valence-corrected chi connectivity index (χ2v) is 8.15. The minimum atomic E-state index is -1.15. The van der Waals surface area contributed by atoms with Gasteiger partial charge in [-0.2, -0.15) is 0 Å². The lowest BCUT2D eigenvalue weighted by Crippen LogP contribution is -2.50. The number of ether oxygens (including phenoxy) is 1. The van der Waals surface area contributed by atoms with Crippen molar-refractivity contribution in [2.45, 2.75) is 58.2 Å². The first-order valence-corrected chi connectivity index (χ1v) is 9.23. The number of hydrogen-bond acceptors (Lipinski definition) is 4. The Hall–Kier alpha value is -2.64. The molecule has 1 aromatic rings. The second kappa shape index (κ2) is 8.58. The molecule has 0 saturated carbocycles. The number of carbonyl (C=O) groups is 3. The molecule has 1 aliphatic rings. The van der Waals surface area contributed by atoms with Gasteiger partial charge in [-0.1, -0.05) is 12.1 Å². The summed E-state index contributed by atoms with van der Waals surface area (Å²) in [5.74, 6) is -2.04. The molecule has 0 spiro atoms. The van der Waals surface area contributed by atoms with Crippen LogP contribution >= 0.6 is 0 Å². The number of likely N-dealkylation sites (tertiary alicyclic amines) is 1. The van der Waals surface area contributed by atoms with Gasteiger partial charge in [-0.25, -0.2) is 9.18 Å². The molecule has 0 aliphatic carbocycles.